The van der Waals surface area contributed by atoms with Gasteiger partial charge in [0.05, 0.1) is 21.5 Å². The van der Waals surface area contributed by atoms with Gasteiger partial charge in [0, 0.05) is 37.5 Å². The standard InChI is InChI=1S/C30H26F5N5O4S/c1-5-24(41)38-11-12-39(17(3)15-38)27-20-14-22(32)25(19-10-9-18(31)13-21(19)30(33,34)35)36-28(20)40(29(42)37-27)26-16(2)7-6-8-23(26)45(4,43)44/h5-10,13-14,17H,1,11-12,15H2,2-4H3/t17-/m0/s1. The highest BCUT2D eigenvalue weighted by Gasteiger charge is 2.36. The van der Waals surface area contributed by atoms with E-state index in [1.165, 1.54) is 30.0 Å². The van der Waals surface area contributed by atoms with Crippen molar-refractivity contribution in [3.63, 3.8) is 0 Å². The number of piperazine rings is 1. The average molecular weight is 648 g/mol. The van der Waals surface area contributed by atoms with Gasteiger partial charge in [0.15, 0.2) is 15.5 Å². The molecule has 0 saturated carbocycles. The number of rotatable bonds is 5. The van der Waals surface area contributed by atoms with E-state index < -0.39 is 56.2 Å². The van der Waals surface area contributed by atoms with Gasteiger partial charge in [-0.15, -0.1) is 0 Å². The number of aromatic nitrogens is 3. The van der Waals surface area contributed by atoms with Crippen LogP contribution in [0.15, 0.2) is 64.8 Å². The number of aryl methyl sites for hydroxylation is 1. The zero-order valence-electron chi connectivity index (χ0n) is 24.2. The van der Waals surface area contributed by atoms with Crippen LogP contribution in [0.25, 0.3) is 28.0 Å². The first kappa shape index (κ1) is 31.8. The smallest absolute Gasteiger partial charge is 0.350 e. The zero-order chi connectivity index (χ0) is 33.0. The van der Waals surface area contributed by atoms with Gasteiger partial charge in [-0.3, -0.25) is 4.79 Å². The Morgan fingerprint density at radius 1 is 1.09 bits per heavy atom. The quantitative estimate of drug-likeness (QED) is 0.229. The Hall–Kier alpha value is -4.66. The highest BCUT2D eigenvalue weighted by molar-refractivity contribution is 7.90. The molecule has 3 heterocycles. The van der Waals surface area contributed by atoms with Crippen molar-refractivity contribution < 1.29 is 35.2 Å². The monoisotopic (exact) mass is 647 g/mol. The number of nitrogens with zero attached hydrogens (tertiary/aromatic N) is 5. The Labute approximate surface area is 254 Å². The van der Waals surface area contributed by atoms with Gasteiger partial charge in [-0.05, 0) is 55.8 Å². The van der Waals surface area contributed by atoms with Gasteiger partial charge in [-0.2, -0.15) is 18.2 Å². The Morgan fingerprint density at radius 2 is 1.80 bits per heavy atom. The minimum absolute atomic E-state index is 0.0629. The van der Waals surface area contributed by atoms with Crippen molar-refractivity contribution in [2.75, 3.05) is 30.8 Å². The molecule has 1 saturated heterocycles. The molecule has 0 radical (unpaired) electrons. The number of benzene rings is 2. The lowest BCUT2D eigenvalue weighted by molar-refractivity contribution is -0.137. The summed E-state index contributed by atoms with van der Waals surface area (Å²) >= 11 is 0. The van der Waals surface area contributed by atoms with Gasteiger partial charge >= 0.3 is 11.9 Å². The van der Waals surface area contributed by atoms with Crippen molar-refractivity contribution in [1.29, 1.82) is 0 Å². The Kier molecular flexibility index (Phi) is 8.02. The Bertz CT molecular complexity index is 2050. The molecule has 0 spiro atoms. The van der Waals surface area contributed by atoms with E-state index in [1.54, 1.807) is 11.8 Å². The molecule has 45 heavy (non-hydrogen) atoms. The van der Waals surface area contributed by atoms with Gasteiger partial charge in [0.1, 0.15) is 23.1 Å². The summed E-state index contributed by atoms with van der Waals surface area (Å²) in [6, 6.07) is 6.27. The maximum absolute atomic E-state index is 15.9. The second-order valence-corrected chi connectivity index (χ2v) is 12.6. The van der Waals surface area contributed by atoms with Crippen molar-refractivity contribution in [3.8, 4) is 16.9 Å². The fraction of sp³-hybridized carbons (Fsp3) is 0.267. The molecular formula is C30H26F5N5O4S. The van der Waals surface area contributed by atoms with Crippen LogP contribution in [-0.2, 0) is 20.8 Å². The summed E-state index contributed by atoms with van der Waals surface area (Å²) in [7, 11) is -3.98. The van der Waals surface area contributed by atoms with Crippen LogP contribution in [0.2, 0.25) is 0 Å². The number of sulfone groups is 1. The summed E-state index contributed by atoms with van der Waals surface area (Å²) < 4.78 is 98.2. The van der Waals surface area contributed by atoms with E-state index in [2.05, 4.69) is 16.5 Å². The predicted octanol–water partition coefficient (Wildman–Crippen LogP) is 4.68. The molecule has 1 atom stereocenters. The second kappa shape index (κ2) is 11.4. The fourth-order valence-corrected chi connectivity index (χ4v) is 6.42. The van der Waals surface area contributed by atoms with E-state index in [-0.39, 0.29) is 64.6 Å². The summed E-state index contributed by atoms with van der Waals surface area (Å²) in [5, 5.41) is -0.107. The Morgan fingerprint density at radius 3 is 2.42 bits per heavy atom. The van der Waals surface area contributed by atoms with Crippen molar-refractivity contribution >= 4 is 32.6 Å². The van der Waals surface area contributed by atoms with Crippen molar-refractivity contribution in [3.05, 3.63) is 88.4 Å². The summed E-state index contributed by atoms with van der Waals surface area (Å²) in [6.45, 7) is 7.25. The van der Waals surface area contributed by atoms with E-state index in [1.807, 2.05) is 0 Å². The first-order valence-corrected chi connectivity index (χ1v) is 15.4. The van der Waals surface area contributed by atoms with Crippen LogP contribution in [0.1, 0.15) is 18.1 Å². The van der Waals surface area contributed by atoms with Gasteiger partial charge in [0.2, 0.25) is 5.91 Å². The van der Waals surface area contributed by atoms with E-state index in [4.69, 9.17) is 0 Å². The molecule has 2 aromatic carbocycles. The topological polar surface area (TPSA) is 105 Å². The first-order chi connectivity index (χ1) is 21.0. The number of alkyl halides is 3. The number of pyridine rings is 1. The van der Waals surface area contributed by atoms with Gasteiger partial charge in [0.25, 0.3) is 0 Å². The van der Waals surface area contributed by atoms with Crippen molar-refractivity contribution in [2.45, 2.75) is 31.0 Å². The summed E-state index contributed by atoms with van der Waals surface area (Å²) in [6.07, 6.45) is -3.02. The highest BCUT2D eigenvalue weighted by Crippen LogP contribution is 2.39. The number of carbonyl (C=O) groups is 1. The fourth-order valence-electron chi connectivity index (χ4n) is 5.49. The molecule has 1 aliphatic rings. The molecule has 2 aromatic heterocycles. The van der Waals surface area contributed by atoms with Crippen molar-refractivity contribution in [1.82, 2.24) is 19.4 Å². The molecule has 0 unspecified atom stereocenters. The number of amides is 1. The summed E-state index contributed by atoms with van der Waals surface area (Å²) in [4.78, 5) is 37.3. The SMILES string of the molecule is C=CC(=O)N1CCN(c2nc(=O)n(-c3c(C)cccc3S(C)(=O)=O)c3nc(-c4ccc(F)cc4C(F)(F)F)c(F)cc23)[C@@H](C)C1. The zero-order valence-corrected chi connectivity index (χ0v) is 25.0. The van der Waals surface area contributed by atoms with E-state index in [0.29, 0.717) is 0 Å². The van der Waals surface area contributed by atoms with Crippen LogP contribution in [-0.4, -0.2) is 65.7 Å². The number of para-hydroxylation sites is 1. The van der Waals surface area contributed by atoms with Crippen LogP contribution in [0, 0.1) is 18.6 Å². The Balaban J connectivity index is 1.88. The molecule has 15 heteroatoms. The second-order valence-electron chi connectivity index (χ2n) is 10.7. The number of fused-ring (bicyclic) bond motifs is 1. The highest BCUT2D eigenvalue weighted by atomic mass is 32.2. The molecule has 0 N–H and O–H groups in total. The van der Waals surface area contributed by atoms with Crippen molar-refractivity contribution in [2.24, 2.45) is 0 Å². The lowest BCUT2D eigenvalue weighted by atomic mass is 10.0. The van der Waals surface area contributed by atoms with Crippen LogP contribution in [0.3, 0.4) is 0 Å². The van der Waals surface area contributed by atoms with Crippen LogP contribution < -0.4 is 10.6 Å². The third kappa shape index (κ3) is 5.79. The van der Waals surface area contributed by atoms with Gasteiger partial charge < -0.3 is 9.80 Å². The third-order valence-corrected chi connectivity index (χ3v) is 8.68. The lowest BCUT2D eigenvalue weighted by Crippen LogP contribution is -2.54. The normalized spacial score (nSPS) is 15.9. The number of hydrogen-bond acceptors (Lipinski definition) is 7. The van der Waals surface area contributed by atoms with Crippen LogP contribution >= 0.6 is 0 Å². The maximum Gasteiger partial charge on any atom is 0.417 e. The molecule has 0 aliphatic carbocycles. The molecule has 236 valence electrons. The predicted molar refractivity (Wildman–Crippen MR) is 157 cm³/mol. The van der Waals surface area contributed by atoms with E-state index in [0.717, 1.165) is 35.1 Å². The average Bonchev–Trinajstić information content (AvgIpc) is 2.96. The summed E-state index contributed by atoms with van der Waals surface area (Å²) in [5.74, 6) is -2.82. The van der Waals surface area contributed by atoms with Gasteiger partial charge in [-0.1, -0.05) is 18.7 Å². The molecular weight excluding hydrogens is 621 g/mol. The summed E-state index contributed by atoms with van der Waals surface area (Å²) in [5.41, 5.74) is -4.43. The molecule has 9 nitrogen and oxygen atoms in total. The largest absolute Gasteiger partial charge is 0.417 e. The molecule has 1 aliphatic heterocycles. The molecule has 4 aromatic rings. The lowest BCUT2D eigenvalue weighted by Gasteiger charge is -2.40. The number of halogens is 5. The minimum atomic E-state index is -5.10. The van der Waals surface area contributed by atoms with Crippen LogP contribution in [0.5, 0.6) is 0 Å². The number of anilines is 1. The third-order valence-electron chi connectivity index (χ3n) is 7.55. The maximum atomic E-state index is 15.9. The molecule has 1 amide bonds. The first-order valence-electron chi connectivity index (χ1n) is 13.5. The molecule has 0 bridgehead atoms. The number of carbonyl (C=O) groups excluding carboxylic acids is 1. The molecule has 5 rings (SSSR count). The number of hydrogen-bond donors (Lipinski definition) is 0. The van der Waals surface area contributed by atoms with E-state index in [9.17, 15) is 35.6 Å². The molecule has 1 fully saturated rings. The van der Waals surface area contributed by atoms with E-state index >= 15 is 4.39 Å². The minimum Gasteiger partial charge on any atom is -0.350 e. The van der Waals surface area contributed by atoms with Gasteiger partial charge in [-0.25, -0.2) is 31.5 Å². The van der Waals surface area contributed by atoms with Crippen LogP contribution in [0.4, 0.5) is 27.8 Å².